The van der Waals surface area contributed by atoms with Crippen molar-refractivity contribution in [2.45, 2.75) is 32.4 Å². The Kier molecular flexibility index (Phi) is 4.51. The molecule has 0 saturated heterocycles. The number of rotatable bonds is 4. The molecule has 4 heteroatoms. The fourth-order valence-electron chi connectivity index (χ4n) is 2.58. The molecule has 2 aromatic carbocycles. The van der Waals surface area contributed by atoms with Crippen LogP contribution in [0.3, 0.4) is 0 Å². The Hall–Kier alpha value is -2.49. The van der Waals surface area contributed by atoms with E-state index in [0.717, 1.165) is 12.0 Å². The van der Waals surface area contributed by atoms with Crippen molar-refractivity contribution < 1.29 is 14.3 Å². The molecule has 3 rings (SSSR count). The summed E-state index contributed by atoms with van der Waals surface area (Å²) in [5.41, 5.74) is 2.36. The van der Waals surface area contributed by atoms with Crippen LogP contribution in [0.2, 0.25) is 0 Å². The molecule has 2 aromatic rings. The van der Waals surface area contributed by atoms with Crippen molar-refractivity contribution in [1.82, 2.24) is 5.32 Å². The van der Waals surface area contributed by atoms with Gasteiger partial charge in [-0.2, -0.15) is 0 Å². The van der Waals surface area contributed by atoms with Gasteiger partial charge in [-0.3, -0.25) is 4.79 Å². The highest BCUT2D eigenvalue weighted by molar-refractivity contribution is 5.82. The molecule has 0 aromatic heterocycles. The number of ether oxygens (including phenoxy) is 2. The Labute approximate surface area is 136 Å². The Bertz CT molecular complexity index is 681. The van der Waals surface area contributed by atoms with E-state index in [2.05, 4.69) is 36.5 Å². The van der Waals surface area contributed by atoms with Gasteiger partial charge >= 0.3 is 0 Å². The first-order valence-electron chi connectivity index (χ1n) is 7.95. The summed E-state index contributed by atoms with van der Waals surface area (Å²) in [4.78, 5) is 12.4. The fourth-order valence-corrected chi connectivity index (χ4v) is 2.58. The average Bonchev–Trinajstić information content (AvgIpc) is 2.61. The first-order valence-corrected chi connectivity index (χ1v) is 7.95. The van der Waals surface area contributed by atoms with Crippen LogP contribution in [-0.2, 0) is 11.2 Å². The zero-order valence-electron chi connectivity index (χ0n) is 13.4. The number of para-hydroxylation sites is 2. The van der Waals surface area contributed by atoms with Gasteiger partial charge < -0.3 is 14.8 Å². The Morgan fingerprint density at radius 2 is 1.87 bits per heavy atom. The Morgan fingerprint density at radius 1 is 1.17 bits per heavy atom. The quantitative estimate of drug-likeness (QED) is 0.943. The molecule has 4 nitrogen and oxygen atoms in total. The smallest absolute Gasteiger partial charge is 0.265 e. The molecule has 120 valence electrons. The van der Waals surface area contributed by atoms with Gasteiger partial charge in [0.2, 0.25) is 6.10 Å². The highest BCUT2D eigenvalue weighted by atomic mass is 16.6. The molecule has 1 heterocycles. The summed E-state index contributed by atoms with van der Waals surface area (Å²) in [5, 5.41) is 2.99. The molecule has 0 bridgehead atoms. The molecule has 0 aliphatic carbocycles. The minimum atomic E-state index is -0.623. The summed E-state index contributed by atoms with van der Waals surface area (Å²) in [6.07, 6.45) is 0.385. The highest BCUT2D eigenvalue weighted by Crippen LogP contribution is 2.31. The number of carbonyl (C=O) groups excluding carboxylic acids is 1. The third kappa shape index (κ3) is 3.47. The third-order valence-corrected chi connectivity index (χ3v) is 4.05. The van der Waals surface area contributed by atoms with Crippen LogP contribution in [0.4, 0.5) is 0 Å². The molecule has 1 amide bonds. The van der Waals surface area contributed by atoms with Crippen LogP contribution in [-0.4, -0.2) is 18.6 Å². The first kappa shape index (κ1) is 15.4. The third-order valence-electron chi connectivity index (χ3n) is 4.05. The molecule has 23 heavy (non-hydrogen) atoms. The fraction of sp³-hybridized carbons (Fsp3) is 0.316. The van der Waals surface area contributed by atoms with Crippen molar-refractivity contribution in [3.05, 3.63) is 59.7 Å². The van der Waals surface area contributed by atoms with Crippen LogP contribution in [0.5, 0.6) is 11.5 Å². The highest BCUT2D eigenvalue weighted by Gasteiger charge is 2.28. The zero-order valence-corrected chi connectivity index (χ0v) is 13.4. The number of hydrogen-bond acceptors (Lipinski definition) is 3. The van der Waals surface area contributed by atoms with Gasteiger partial charge in [0.15, 0.2) is 11.5 Å². The van der Waals surface area contributed by atoms with Gasteiger partial charge in [0.05, 0.1) is 6.04 Å². The number of amides is 1. The molecule has 1 N–H and O–H groups in total. The number of nitrogens with one attached hydrogen (secondary N) is 1. The van der Waals surface area contributed by atoms with Crippen molar-refractivity contribution in [3.63, 3.8) is 0 Å². The molecule has 0 radical (unpaired) electrons. The molecule has 0 unspecified atom stereocenters. The molecule has 1 aliphatic rings. The lowest BCUT2D eigenvalue weighted by molar-refractivity contribution is -0.131. The van der Waals surface area contributed by atoms with Crippen LogP contribution in [0.15, 0.2) is 48.5 Å². The van der Waals surface area contributed by atoms with E-state index < -0.39 is 6.10 Å². The maximum Gasteiger partial charge on any atom is 0.265 e. The van der Waals surface area contributed by atoms with Gasteiger partial charge in [-0.05, 0) is 36.6 Å². The normalized spacial score (nSPS) is 17.4. The molecular formula is C19H21NO3. The van der Waals surface area contributed by atoms with Crippen LogP contribution >= 0.6 is 0 Å². The van der Waals surface area contributed by atoms with E-state index in [4.69, 9.17) is 9.47 Å². The number of aryl methyl sites for hydroxylation is 1. The standard InChI is InChI=1S/C19H21NO3/c1-3-14-8-10-15(11-9-14)13(2)20-19(21)18-12-22-16-6-4-5-7-17(16)23-18/h4-11,13,18H,3,12H2,1-2H3,(H,20,21)/t13-,18+/m0/s1. The lowest BCUT2D eigenvalue weighted by atomic mass is 10.0. The molecule has 2 atom stereocenters. The van der Waals surface area contributed by atoms with Gasteiger partial charge in [-0.15, -0.1) is 0 Å². The van der Waals surface area contributed by atoms with Crippen molar-refractivity contribution >= 4 is 5.91 Å². The second-order valence-corrected chi connectivity index (χ2v) is 5.69. The topological polar surface area (TPSA) is 47.6 Å². The Balaban J connectivity index is 1.62. The number of fused-ring (bicyclic) bond motifs is 1. The summed E-state index contributed by atoms with van der Waals surface area (Å²) in [6.45, 7) is 4.32. The van der Waals surface area contributed by atoms with Gasteiger partial charge in [-0.1, -0.05) is 43.3 Å². The van der Waals surface area contributed by atoms with Crippen molar-refractivity contribution in [2.24, 2.45) is 0 Å². The van der Waals surface area contributed by atoms with E-state index in [9.17, 15) is 4.79 Å². The summed E-state index contributed by atoms with van der Waals surface area (Å²) in [5.74, 6) is 1.13. The summed E-state index contributed by atoms with van der Waals surface area (Å²) >= 11 is 0. The summed E-state index contributed by atoms with van der Waals surface area (Å²) in [6, 6.07) is 15.6. The van der Waals surface area contributed by atoms with Crippen molar-refractivity contribution in [1.29, 1.82) is 0 Å². The zero-order chi connectivity index (χ0) is 16.2. The lowest BCUT2D eigenvalue weighted by Gasteiger charge is -2.26. The second-order valence-electron chi connectivity index (χ2n) is 5.69. The minimum Gasteiger partial charge on any atom is -0.485 e. The molecule has 0 saturated carbocycles. The number of hydrogen-bond donors (Lipinski definition) is 1. The number of benzene rings is 2. The van der Waals surface area contributed by atoms with Crippen molar-refractivity contribution in [2.75, 3.05) is 6.61 Å². The van der Waals surface area contributed by atoms with Crippen molar-refractivity contribution in [3.8, 4) is 11.5 Å². The first-order chi connectivity index (χ1) is 11.2. The van der Waals surface area contributed by atoms with Crippen LogP contribution in [0.1, 0.15) is 31.0 Å². The average molecular weight is 311 g/mol. The van der Waals surface area contributed by atoms with Gasteiger partial charge in [0, 0.05) is 0 Å². The van der Waals surface area contributed by atoms with E-state index in [-0.39, 0.29) is 18.6 Å². The van der Waals surface area contributed by atoms with Crippen LogP contribution in [0.25, 0.3) is 0 Å². The largest absolute Gasteiger partial charge is 0.485 e. The molecule has 0 spiro atoms. The van der Waals surface area contributed by atoms with Gasteiger partial charge in [0.1, 0.15) is 6.61 Å². The molecule has 1 aliphatic heterocycles. The van der Waals surface area contributed by atoms with E-state index in [1.165, 1.54) is 5.56 Å². The van der Waals surface area contributed by atoms with Crippen LogP contribution < -0.4 is 14.8 Å². The summed E-state index contributed by atoms with van der Waals surface area (Å²) in [7, 11) is 0. The lowest BCUT2D eigenvalue weighted by Crippen LogP contribution is -2.44. The van der Waals surface area contributed by atoms with Gasteiger partial charge in [-0.25, -0.2) is 0 Å². The minimum absolute atomic E-state index is 0.0748. The maximum atomic E-state index is 12.4. The van der Waals surface area contributed by atoms with E-state index in [0.29, 0.717) is 11.5 Å². The van der Waals surface area contributed by atoms with E-state index in [1.807, 2.05) is 31.2 Å². The molecule has 0 fully saturated rings. The second kappa shape index (κ2) is 6.73. The van der Waals surface area contributed by atoms with E-state index >= 15 is 0 Å². The predicted molar refractivity (Wildman–Crippen MR) is 88.7 cm³/mol. The SMILES string of the molecule is CCc1ccc([C@H](C)NC(=O)[C@H]2COc3ccccc3O2)cc1. The summed E-state index contributed by atoms with van der Waals surface area (Å²) < 4.78 is 11.3. The van der Waals surface area contributed by atoms with Crippen LogP contribution in [0, 0.1) is 0 Å². The maximum absolute atomic E-state index is 12.4. The number of carbonyl (C=O) groups is 1. The van der Waals surface area contributed by atoms with Gasteiger partial charge in [0.25, 0.3) is 5.91 Å². The monoisotopic (exact) mass is 311 g/mol. The molecular weight excluding hydrogens is 290 g/mol. The van der Waals surface area contributed by atoms with E-state index in [1.54, 1.807) is 0 Å². The predicted octanol–water partition coefficient (Wildman–Crippen LogP) is 3.27. The Morgan fingerprint density at radius 3 is 2.57 bits per heavy atom.